The van der Waals surface area contributed by atoms with Gasteiger partial charge < -0.3 is 5.11 Å². The van der Waals surface area contributed by atoms with Crippen molar-refractivity contribution in [3.63, 3.8) is 0 Å². The van der Waals surface area contributed by atoms with Crippen molar-refractivity contribution in [2.75, 3.05) is 12.4 Å². The van der Waals surface area contributed by atoms with Crippen LogP contribution in [0.15, 0.2) is 9.95 Å². The van der Waals surface area contributed by atoms with E-state index in [0.717, 1.165) is 0 Å². The van der Waals surface area contributed by atoms with Gasteiger partial charge in [-0.3, -0.25) is 4.68 Å². The molecule has 1 heterocycles. The van der Waals surface area contributed by atoms with E-state index in [9.17, 15) is 4.79 Å². The van der Waals surface area contributed by atoms with E-state index in [1.165, 1.54) is 16.4 Å². The molecule has 0 fully saturated rings. The third kappa shape index (κ3) is 2.09. The summed E-state index contributed by atoms with van der Waals surface area (Å²) in [5.41, 5.74) is -0.354. The van der Waals surface area contributed by atoms with Crippen LogP contribution < -0.4 is 5.69 Å². The lowest BCUT2D eigenvalue weighted by Gasteiger charge is -1.95. The monoisotopic (exact) mass is 175 g/mol. The Morgan fingerprint density at radius 1 is 1.82 bits per heavy atom. The molecule has 6 heteroatoms. The van der Waals surface area contributed by atoms with Crippen LogP contribution in [0.25, 0.3) is 0 Å². The van der Waals surface area contributed by atoms with Gasteiger partial charge in [-0.15, -0.1) is 0 Å². The highest BCUT2D eigenvalue weighted by Gasteiger charge is 2.01. The molecule has 0 aliphatic carbocycles. The van der Waals surface area contributed by atoms with E-state index in [1.54, 1.807) is 7.05 Å². The Morgan fingerprint density at radius 3 is 3.00 bits per heavy atom. The number of nitrogens with zero attached hydrogens (tertiary/aromatic N) is 2. The molecule has 0 aromatic carbocycles. The zero-order valence-corrected chi connectivity index (χ0v) is 6.89. The van der Waals surface area contributed by atoms with Crippen LogP contribution in [0.2, 0.25) is 0 Å². The highest BCUT2D eigenvalue weighted by atomic mass is 32.2. The predicted molar refractivity (Wildman–Crippen MR) is 41.6 cm³/mol. The molecule has 0 saturated heterocycles. The lowest BCUT2D eigenvalue weighted by Crippen LogP contribution is -2.03. The molecule has 0 aliphatic rings. The Balaban J connectivity index is 2.69. The number of thioether (sulfide) groups is 1. The largest absolute Gasteiger partial charge is 0.396 e. The number of aromatic amines is 1. The van der Waals surface area contributed by atoms with Gasteiger partial charge in [0.1, 0.15) is 0 Å². The van der Waals surface area contributed by atoms with E-state index >= 15 is 0 Å². The molecule has 62 valence electrons. The maximum Gasteiger partial charge on any atom is 0.362 e. The highest BCUT2D eigenvalue weighted by Crippen LogP contribution is 2.09. The molecule has 0 atom stereocenters. The van der Waals surface area contributed by atoms with Crippen LogP contribution in [0.1, 0.15) is 0 Å². The van der Waals surface area contributed by atoms with Crippen molar-refractivity contribution in [3.05, 3.63) is 10.5 Å². The zero-order chi connectivity index (χ0) is 8.27. The quantitative estimate of drug-likeness (QED) is 0.590. The Kier molecular flexibility index (Phi) is 2.72. The molecule has 0 radical (unpaired) electrons. The normalized spacial score (nSPS) is 10.4. The number of hydrogen-bond donors (Lipinski definition) is 2. The van der Waals surface area contributed by atoms with Crippen molar-refractivity contribution < 1.29 is 5.11 Å². The van der Waals surface area contributed by atoms with Crippen LogP contribution in [-0.4, -0.2) is 32.2 Å². The number of aromatic nitrogens is 3. The first-order chi connectivity index (χ1) is 5.24. The third-order valence-corrected chi connectivity index (χ3v) is 2.08. The van der Waals surface area contributed by atoms with Crippen LogP contribution in [-0.2, 0) is 7.05 Å². The first kappa shape index (κ1) is 8.35. The smallest absolute Gasteiger partial charge is 0.362 e. The Bertz CT molecular complexity index is 280. The van der Waals surface area contributed by atoms with E-state index in [-0.39, 0.29) is 12.3 Å². The minimum Gasteiger partial charge on any atom is -0.396 e. The summed E-state index contributed by atoms with van der Waals surface area (Å²) in [6.07, 6.45) is 0. The van der Waals surface area contributed by atoms with Gasteiger partial charge in [0.15, 0.2) is 5.16 Å². The summed E-state index contributed by atoms with van der Waals surface area (Å²) in [6, 6.07) is 0. The number of hydrogen-bond acceptors (Lipinski definition) is 4. The van der Waals surface area contributed by atoms with Crippen molar-refractivity contribution in [2.45, 2.75) is 5.16 Å². The van der Waals surface area contributed by atoms with Gasteiger partial charge in [0.05, 0.1) is 6.61 Å². The van der Waals surface area contributed by atoms with Crippen LogP contribution in [0, 0.1) is 0 Å². The number of H-pyrrole nitrogens is 1. The van der Waals surface area contributed by atoms with Crippen LogP contribution in [0.5, 0.6) is 0 Å². The van der Waals surface area contributed by atoms with Crippen molar-refractivity contribution in [1.82, 2.24) is 14.8 Å². The summed E-state index contributed by atoms with van der Waals surface area (Å²) in [6.45, 7) is 0.0890. The summed E-state index contributed by atoms with van der Waals surface area (Å²) in [7, 11) is 1.70. The number of aryl methyl sites for hydroxylation is 1. The maximum absolute atomic E-state index is 10.6. The van der Waals surface area contributed by atoms with E-state index in [2.05, 4.69) is 10.1 Å². The van der Waals surface area contributed by atoms with Crippen molar-refractivity contribution in [2.24, 2.45) is 7.05 Å². The maximum atomic E-state index is 10.6. The SMILES string of the molecule is Cn1[nH]c(=O)nc1SCCO. The first-order valence-electron chi connectivity index (χ1n) is 3.10. The second-order valence-corrected chi connectivity index (χ2v) is 3.00. The van der Waals surface area contributed by atoms with Crippen molar-refractivity contribution >= 4 is 11.8 Å². The number of rotatable bonds is 3. The topological polar surface area (TPSA) is 70.9 Å². The molecule has 1 aromatic heterocycles. The van der Waals surface area contributed by atoms with Crippen molar-refractivity contribution in [1.29, 1.82) is 0 Å². The molecule has 0 amide bonds. The average Bonchev–Trinajstić information content (AvgIpc) is 2.26. The van der Waals surface area contributed by atoms with Gasteiger partial charge >= 0.3 is 5.69 Å². The molecule has 0 spiro atoms. The second kappa shape index (κ2) is 3.59. The fourth-order valence-corrected chi connectivity index (χ4v) is 1.30. The van der Waals surface area contributed by atoms with Gasteiger partial charge in [-0.2, -0.15) is 4.98 Å². The Labute approximate surface area is 67.4 Å². The zero-order valence-electron chi connectivity index (χ0n) is 6.07. The summed E-state index contributed by atoms with van der Waals surface area (Å²) < 4.78 is 1.53. The molecular weight excluding hydrogens is 166 g/mol. The fourth-order valence-electron chi connectivity index (χ4n) is 0.644. The van der Waals surface area contributed by atoms with Crippen LogP contribution in [0.3, 0.4) is 0 Å². The minimum atomic E-state index is -0.354. The van der Waals surface area contributed by atoms with Crippen LogP contribution >= 0.6 is 11.8 Å². The molecule has 0 aliphatic heterocycles. The molecule has 11 heavy (non-hydrogen) atoms. The summed E-state index contributed by atoms with van der Waals surface area (Å²) in [4.78, 5) is 14.3. The lowest BCUT2D eigenvalue weighted by atomic mass is 10.9. The van der Waals surface area contributed by atoms with Gasteiger partial charge in [-0.25, -0.2) is 9.89 Å². The van der Waals surface area contributed by atoms with Crippen LogP contribution in [0.4, 0.5) is 0 Å². The average molecular weight is 175 g/mol. The second-order valence-electron chi connectivity index (χ2n) is 1.94. The molecular formula is C5H9N3O2S. The van der Waals surface area contributed by atoms with Gasteiger partial charge in [-0.1, -0.05) is 11.8 Å². The predicted octanol–water partition coefficient (Wildman–Crippen LogP) is -0.807. The summed E-state index contributed by atoms with van der Waals surface area (Å²) in [5.74, 6) is 0.554. The van der Waals surface area contributed by atoms with Crippen molar-refractivity contribution in [3.8, 4) is 0 Å². The third-order valence-electron chi connectivity index (χ3n) is 1.07. The van der Waals surface area contributed by atoms with Gasteiger partial charge in [0, 0.05) is 12.8 Å². The number of aliphatic hydroxyl groups is 1. The number of nitrogens with one attached hydrogen (secondary N) is 1. The van der Waals surface area contributed by atoms with E-state index in [0.29, 0.717) is 10.9 Å². The molecule has 1 aromatic rings. The Hall–Kier alpha value is -0.750. The van der Waals surface area contributed by atoms with E-state index in [4.69, 9.17) is 5.11 Å². The molecule has 2 N–H and O–H groups in total. The van der Waals surface area contributed by atoms with Gasteiger partial charge in [-0.05, 0) is 0 Å². The minimum absolute atomic E-state index is 0.0890. The molecule has 5 nitrogen and oxygen atoms in total. The first-order valence-corrected chi connectivity index (χ1v) is 4.09. The van der Waals surface area contributed by atoms with E-state index < -0.39 is 0 Å². The van der Waals surface area contributed by atoms with Gasteiger partial charge in [0.2, 0.25) is 0 Å². The Morgan fingerprint density at radius 2 is 2.55 bits per heavy atom. The highest BCUT2D eigenvalue weighted by molar-refractivity contribution is 7.99. The molecule has 0 saturated carbocycles. The number of aliphatic hydroxyl groups excluding tert-OH is 1. The molecule has 1 rings (SSSR count). The lowest BCUT2D eigenvalue weighted by molar-refractivity contribution is 0.322. The van der Waals surface area contributed by atoms with E-state index in [1.807, 2.05) is 0 Å². The standard InChI is InChI=1S/C5H9N3O2S/c1-8-5(11-3-2-9)6-4(10)7-8/h9H,2-3H2,1H3,(H,7,10). The molecule has 0 bridgehead atoms. The van der Waals surface area contributed by atoms with Gasteiger partial charge in [0.25, 0.3) is 0 Å². The summed E-state index contributed by atoms with van der Waals surface area (Å²) in [5, 5.41) is 11.5. The fraction of sp³-hybridized carbons (Fsp3) is 0.600. The molecule has 0 unspecified atom stereocenters. The summed E-state index contributed by atoms with van der Waals surface area (Å²) >= 11 is 1.34.